The van der Waals surface area contributed by atoms with Gasteiger partial charge in [-0.3, -0.25) is 4.90 Å². The van der Waals surface area contributed by atoms with Crippen molar-refractivity contribution in [3.63, 3.8) is 0 Å². The highest BCUT2D eigenvalue weighted by molar-refractivity contribution is 5.43. The van der Waals surface area contributed by atoms with Crippen LogP contribution in [-0.4, -0.2) is 25.7 Å². The Balaban J connectivity index is 1.76. The number of hydrogen-bond donors (Lipinski definition) is 0. The first-order chi connectivity index (χ1) is 12.1. The van der Waals surface area contributed by atoms with E-state index in [0.29, 0.717) is 18.3 Å². The van der Waals surface area contributed by atoms with Gasteiger partial charge >= 0.3 is 6.61 Å². The highest BCUT2D eigenvalue weighted by atomic mass is 19.3. The van der Waals surface area contributed by atoms with Crippen molar-refractivity contribution in [1.82, 2.24) is 4.90 Å². The van der Waals surface area contributed by atoms with Gasteiger partial charge in [-0.2, -0.15) is 8.78 Å². The van der Waals surface area contributed by atoms with Crippen LogP contribution in [0.5, 0.6) is 11.5 Å². The summed E-state index contributed by atoms with van der Waals surface area (Å²) in [5, 5.41) is 0. The molecule has 2 aromatic carbocycles. The third-order valence-corrected chi connectivity index (χ3v) is 4.75. The zero-order chi connectivity index (χ0) is 17.8. The molecule has 0 saturated carbocycles. The lowest BCUT2D eigenvalue weighted by molar-refractivity contribution is -0.0512. The molecule has 0 bridgehead atoms. The van der Waals surface area contributed by atoms with Gasteiger partial charge in [0, 0.05) is 12.6 Å². The van der Waals surface area contributed by atoms with E-state index in [2.05, 4.69) is 40.9 Å². The van der Waals surface area contributed by atoms with Gasteiger partial charge < -0.3 is 9.47 Å². The Bertz CT molecular complexity index is 721. The zero-order valence-electron chi connectivity index (χ0n) is 14.5. The van der Waals surface area contributed by atoms with Crippen molar-refractivity contribution in [3.8, 4) is 11.5 Å². The maximum absolute atomic E-state index is 12.4. The molecule has 0 spiro atoms. The molecule has 0 heterocycles. The zero-order valence-corrected chi connectivity index (χ0v) is 14.5. The normalized spacial score (nSPS) is 16.8. The maximum atomic E-state index is 12.4. The summed E-state index contributed by atoms with van der Waals surface area (Å²) in [6, 6.07) is 14.1. The van der Waals surface area contributed by atoms with E-state index < -0.39 is 6.61 Å². The Hall–Kier alpha value is -2.14. The molecule has 0 aliphatic heterocycles. The standard InChI is InChI=1S/C20H23F2NO2/c1-23(17-9-5-7-15-6-3-4-8-16(15)17)13-14-10-11-18(25-20(21)22)19(12-14)24-2/h3-4,6,8,10-12,17,20H,5,7,9,13H2,1-2H3. The Labute approximate surface area is 147 Å². The summed E-state index contributed by atoms with van der Waals surface area (Å²) < 4.78 is 34.6. The van der Waals surface area contributed by atoms with Crippen molar-refractivity contribution in [2.75, 3.05) is 14.2 Å². The lowest BCUT2D eigenvalue weighted by Gasteiger charge is -2.33. The van der Waals surface area contributed by atoms with Crippen molar-refractivity contribution >= 4 is 0 Å². The minimum absolute atomic E-state index is 0.0620. The number of halogens is 2. The molecule has 0 radical (unpaired) electrons. The van der Waals surface area contributed by atoms with Crippen LogP contribution in [-0.2, 0) is 13.0 Å². The summed E-state index contributed by atoms with van der Waals surface area (Å²) in [4.78, 5) is 2.31. The molecule has 25 heavy (non-hydrogen) atoms. The molecule has 3 nitrogen and oxygen atoms in total. The quantitative estimate of drug-likeness (QED) is 0.749. The molecule has 0 saturated heterocycles. The van der Waals surface area contributed by atoms with Gasteiger partial charge in [0.05, 0.1) is 7.11 Å². The second-order valence-electron chi connectivity index (χ2n) is 6.39. The molecule has 1 atom stereocenters. The minimum atomic E-state index is -2.86. The van der Waals surface area contributed by atoms with Crippen LogP contribution >= 0.6 is 0 Å². The molecule has 3 rings (SSSR count). The first-order valence-corrected chi connectivity index (χ1v) is 8.48. The van der Waals surface area contributed by atoms with Crippen LogP contribution in [0.1, 0.15) is 35.6 Å². The van der Waals surface area contributed by atoms with Crippen LogP contribution in [0.15, 0.2) is 42.5 Å². The van der Waals surface area contributed by atoms with Gasteiger partial charge in [-0.15, -0.1) is 0 Å². The summed E-state index contributed by atoms with van der Waals surface area (Å²) in [5.74, 6) is 0.391. The molecular weight excluding hydrogens is 324 g/mol. The molecule has 134 valence electrons. The monoisotopic (exact) mass is 347 g/mol. The highest BCUT2D eigenvalue weighted by Crippen LogP contribution is 2.35. The smallest absolute Gasteiger partial charge is 0.387 e. The number of nitrogens with zero attached hydrogens (tertiary/aromatic N) is 1. The Morgan fingerprint density at radius 2 is 1.96 bits per heavy atom. The average molecular weight is 347 g/mol. The van der Waals surface area contributed by atoms with Crippen molar-refractivity contribution in [1.29, 1.82) is 0 Å². The number of benzene rings is 2. The lowest BCUT2D eigenvalue weighted by Crippen LogP contribution is -2.27. The van der Waals surface area contributed by atoms with Crippen molar-refractivity contribution < 1.29 is 18.3 Å². The van der Waals surface area contributed by atoms with Crippen LogP contribution in [0.4, 0.5) is 8.78 Å². The number of hydrogen-bond acceptors (Lipinski definition) is 3. The molecule has 2 aromatic rings. The summed E-state index contributed by atoms with van der Waals surface area (Å²) in [5.41, 5.74) is 3.81. The fraction of sp³-hybridized carbons (Fsp3) is 0.400. The molecule has 1 aliphatic carbocycles. The number of rotatable bonds is 6. The Morgan fingerprint density at radius 1 is 1.16 bits per heavy atom. The predicted molar refractivity (Wildman–Crippen MR) is 93.2 cm³/mol. The molecule has 0 amide bonds. The van der Waals surface area contributed by atoms with E-state index in [-0.39, 0.29) is 5.75 Å². The molecular formula is C20H23F2NO2. The minimum Gasteiger partial charge on any atom is -0.493 e. The van der Waals surface area contributed by atoms with E-state index in [1.807, 2.05) is 6.07 Å². The number of fused-ring (bicyclic) bond motifs is 1. The van der Waals surface area contributed by atoms with E-state index in [1.165, 1.54) is 24.7 Å². The molecule has 0 fully saturated rings. The Morgan fingerprint density at radius 3 is 2.72 bits per heavy atom. The second-order valence-corrected chi connectivity index (χ2v) is 6.39. The fourth-order valence-corrected chi connectivity index (χ4v) is 3.59. The molecule has 1 unspecified atom stereocenters. The molecule has 0 N–H and O–H groups in total. The maximum Gasteiger partial charge on any atom is 0.387 e. The average Bonchev–Trinajstić information content (AvgIpc) is 2.62. The van der Waals surface area contributed by atoms with Gasteiger partial charge in [0.25, 0.3) is 0 Å². The van der Waals surface area contributed by atoms with Crippen molar-refractivity contribution in [2.24, 2.45) is 0 Å². The first kappa shape index (κ1) is 17.7. The van der Waals surface area contributed by atoms with Crippen LogP contribution in [0, 0.1) is 0 Å². The summed E-state index contributed by atoms with van der Waals surface area (Å²) in [6.45, 7) is -2.15. The van der Waals surface area contributed by atoms with Gasteiger partial charge in [-0.1, -0.05) is 30.3 Å². The first-order valence-electron chi connectivity index (χ1n) is 8.48. The number of alkyl halides is 2. The van der Waals surface area contributed by atoms with Crippen LogP contribution in [0.2, 0.25) is 0 Å². The van der Waals surface area contributed by atoms with Gasteiger partial charge in [0.2, 0.25) is 0 Å². The van der Waals surface area contributed by atoms with E-state index in [4.69, 9.17) is 4.74 Å². The van der Waals surface area contributed by atoms with Gasteiger partial charge in [-0.25, -0.2) is 0 Å². The van der Waals surface area contributed by atoms with Crippen LogP contribution in [0.3, 0.4) is 0 Å². The fourth-order valence-electron chi connectivity index (χ4n) is 3.59. The topological polar surface area (TPSA) is 21.7 Å². The van der Waals surface area contributed by atoms with Crippen LogP contribution in [0.25, 0.3) is 0 Å². The van der Waals surface area contributed by atoms with Gasteiger partial charge in [0.15, 0.2) is 11.5 Å². The van der Waals surface area contributed by atoms with E-state index in [0.717, 1.165) is 18.4 Å². The number of aryl methyl sites for hydroxylation is 1. The third kappa shape index (κ3) is 4.10. The third-order valence-electron chi connectivity index (χ3n) is 4.75. The largest absolute Gasteiger partial charge is 0.493 e. The number of methoxy groups -OCH3 is 1. The SMILES string of the molecule is COc1cc(CN(C)C2CCCc3ccccc32)ccc1OC(F)F. The highest BCUT2D eigenvalue weighted by Gasteiger charge is 2.23. The summed E-state index contributed by atoms with van der Waals surface area (Å²) in [7, 11) is 3.56. The van der Waals surface area contributed by atoms with Gasteiger partial charge in [-0.05, 0) is 55.1 Å². The predicted octanol–water partition coefficient (Wildman–Crippen LogP) is 4.81. The lowest BCUT2D eigenvalue weighted by atomic mass is 9.87. The summed E-state index contributed by atoms with van der Waals surface area (Å²) >= 11 is 0. The van der Waals surface area contributed by atoms with E-state index in [1.54, 1.807) is 12.1 Å². The number of ether oxygens (including phenoxy) is 2. The van der Waals surface area contributed by atoms with Crippen LogP contribution < -0.4 is 9.47 Å². The van der Waals surface area contributed by atoms with Crippen molar-refractivity contribution in [3.05, 3.63) is 59.2 Å². The van der Waals surface area contributed by atoms with E-state index in [9.17, 15) is 8.78 Å². The Kier molecular flexibility index (Phi) is 5.53. The summed E-state index contributed by atoms with van der Waals surface area (Å²) in [6.07, 6.45) is 3.43. The molecule has 1 aliphatic rings. The van der Waals surface area contributed by atoms with Gasteiger partial charge in [0.1, 0.15) is 0 Å². The molecule has 0 aromatic heterocycles. The van der Waals surface area contributed by atoms with E-state index >= 15 is 0 Å². The second kappa shape index (κ2) is 7.83. The molecule has 5 heteroatoms. The van der Waals surface area contributed by atoms with Crippen molar-refractivity contribution in [2.45, 2.75) is 38.5 Å².